The van der Waals surface area contributed by atoms with Crippen molar-refractivity contribution in [2.45, 2.75) is 138 Å². The summed E-state index contributed by atoms with van der Waals surface area (Å²) in [5.74, 6) is 2.25. The molecule has 0 aromatic heterocycles. The van der Waals surface area contributed by atoms with Crippen LogP contribution in [0, 0.1) is 0 Å². The van der Waals surface area contributed by atoms with E-state index in [4.69, 9.17) is 14.2 Å². The van der Waals surface area contributed by atoms with Crippen LogP contribution in [0.3, 0.4) is 0 Å². The molecule has 0 radical (unpaired) electrons. The average molecular weight is 1330 g/mol. The summed E-state index contributed by atoms with van der Waals surface area (Å²) in [7, 11) is 11.7. The van der Waals surface area contributed by atoms with Crippen LogP contribution in [0.2, 0.25) is 0 Å². The van der Waals surface area contributed by atoms with Gasteiger partial charge in [0.1, 0.15) is 17.2 Å². The summed E-state index contributed by atoms with van der Waals surface area (Å²) in [6.07, 6.45) is 9.90. The first-order chi connectivity index (χ1) is 47.8. The van der Waals surface area contributed by atoms with Gasteiger partial charge in [-0.1, -0.05) is 116 Å². The number of hydrogen-bond donors (Lipinski definition) is 3. The minimum Gasteiger partial charge on any atom is -0.493 e. The molecule has 0 fully saturated rings. The van der Waals surface area contributed by atoms with Gasteiger partial charge in [0.25, 0.3) is 0 Å². The Morgan fingerprint density at radius 1 is 0.283 bits per heavy atom. The van der Waals surface area contributed by atoms with Gasteiger partial charge in [-0.15, -0.1) is 0 Å². The van der Waals surface area contributed by atoms with Gasteiger partial charge >= 0.3 is 0 Å². The number of ether oxygens (including phenoxy) is 3. The lowest BCUT2D eigenvalue weighted by molar-refractivity contribution is 0.303. The number of hydrogen-bond acceptors (Lipinski definition) is 15. The Morgan fingerprint density at radius 3 is 0.737 bits per heavy atom. The third-order valence-corrected chi connectivity index (χ3v) is 18.6. The zero-order valence-corrected chi connectivity index (χ0v) is 59.9. The Morgan fingerprint density at radius 2 is 0.515 bits per heavy atom. The van der Waals surface area contributed by atoms with Crippen molar-refractivity contribution in [3.05, 3.63) is 222 Å². The van der Waals surface area contributed by atoms with E-state index in [0.29, 0.717) is 72.5 Å². The minimum atomic E-state index is -0.560. The fourth-order valence-corrected chi connectivity index (χ4v) is 13.0. The van der Waals surface area contributed by atoms with Crippen molar-refractivity contribution in [2.75, 3.05) is 92.8 Å². The van der Waals surface area contributed by atoms with Crippen LogP contribution in [0.1, 0.15) is 133 Å². The second kappa shape index (κ2) is 32.6. The summed E-state index contributed by atoms with van der Waals surface area (Å²) in [5.41, 5.74) is 14.5. The van der Waals surface area contributed by atoms with Gasteiger partial charge in [0.05, 0.1) is 53.6 Å². The number of anilines is 6. The van der Waals surface area contributed by atoms with E-state index in [-0.39, 0.29) is 36.7 Å². The van der Waals surface area contributed by atoms with E-state index >= 15 is 0 Å². The minimum absolute atomic E-state index is 0.194. The van der Waals surface area contributed by atoms with Gasteiger partial charge in [-0.25, -0.2) is 0 Å². The molecule has 0 aliphatic carbocycles. The fraction of sp³-hybridized carbons (Fsp3) is 0.357. The fourth-order valence-electron chi connectivity index (χ4n) is 13.0. The second-order valence-electron chi connectivity index (χ2n) is 26.6. The molecular formula is C84H96N6O9. The average Bonchev–Trinajstić information content (AvgIpc) is 0.767. The molecule has 0 aliphatic rings. The van der Waals surface area contributed by atoms with E-state index in [0.717, 1.165) is 159 Å². The number of benzene rings is 7. The zero-order chi connectivity index (χ0) is 70.6. The first kappa shape index (κ1) is 71.7. The molecule has 0 amide bonds. The van der Waals surface area contributed by atoms with Crippen LogP contribution in [0.25, 0.3) is 66.8 Å². The van der Waals surface area contributed by atoms with E-state index < -0.39 is 32.6 Å². The largest absolute Gasteiger partial charge is 0.493 e. The molecule has 516 valence electrons. The number of nitrogens with one attached hydrogen (secondary N) is 3. The second-order valence-corrected chi connectivity index (χ2v) is 26.6. The molecule has 99 heavy (non-hydrogen) atoms. The summed E-state index contributed by atoms with van der Waals surface area (Å²) in [6, 6.07) is 42.7. The van der Waals surface area contributed by atoms with Crippen LogP contribution in [-0.4, -0.2) is 62.1 Å². The molecule has 15 nitrogen and oxygen atoms in total. The first-order valence-corrected chi connectivity index (χ1v) is 35.4. The van der Waals surface area contributed by atoms with Crippen molar-refractivity contribution in [3.63, 3.8) is 0 Å². The maximum Gasteiger partial charge on any atom is 0.250 e. The smallest absolute Gasteiger partial charge is 0.250 e. The molecular weight excluding hydrogens is 1240 g/mol. The highest BCUT2D eigenvalue weighted by molar-refractivity contribution is 5.87. The maximum atomic E-state index is 13.6. The van der Waals surface area contributed by atoms with Crippen molar-refractivity contribution in [1.29, 1.82) is 0 Å². The van der Waals surface area contributed by atoms with E-state index in [1.165, 1.54) is 0 Å². The van der Waals surface area contributed by atoms with Crippen molar-refractivity contribution in [2.24, 2.45) is 0 Å². The van der Waals surface area contributed by atoms with Crippen molar-refractivity contribution in [1.82, 2.24) is 0 Å². The van der Waals surface area contributed by atoms with Gasteiger partial charge in [-0.2, -0.15) is 0 Å². The number of rotatable bonds is 36. The molecule has 0 saturated carbocycles. The highest BCUT2D eigenvalue weighted by atomic mass is 16.5. The zero-order valence-electron chi connectivity index (χ0n) is 59.9. The van der Waals surface area contributed by atoms with Gasteiger partial charge in [-0.3, -0.25) is 28.8 Å². The third kappa shape index (κ3) is 15.8. The van der Waals surface area contributed by atoms with Crippen LogP contribution in [-0.2, 0) is 38.9 Å². The monoisotopic (exact) mass is 1330 g/mol. The van der Waals surface area contributed by atoms with Crippen LogP contribution < -0.4 is 77.4 Å². The standard InChI is InChI=1S/C84H96N6O9/c1-13-19-37-97-82-55(22-16-4)40-58(46-64(82)49-85-73-70(76(91)79(73)94)52-25-31-67(32-26-52)88(7)8)61-43-62(59-41-56(23-17-5)83(98-38-20-14-2)65(47-59)50-86-74-71(77(92)80(74)95)53-27-33-68(34-28-53)89(9)10)45-63(44-61)60-42-57(24-18-6)84(99-39-21-15-3)66(48-60)51-87-75-72(78(93)81(75)96)54-29-35-69(36-30-54)90(11)12/h25-36,40-48,85-87H,13-24,37-39,49-51H2,1-12H3. The van der Waals surface area contributed by atoms with E-state index in [1.807, 2.05) is 130 Å². The van der Waals surface area contributed by atoms with Crippen molar-refractivity contribution < 1.29 is 14.2 Å². The van der Waals surface area contributed by atoms with Gasteiger partial charge in [0.2, 0.25) is 32.6 Å². The van der Waals surface area contributed by atoms with Crippen LogP contribution in [0.5, 0.6) is 17.2 Å². The number of unbranched alkanes of at least 4 members (excludes halogenated alkanes) is 3. The molecule has 0 unspecified atom stereocenters. The van der Waals surface area contributed by atoms with Gasteiger partial charge in [0.15, 0.2) is 0 Å². The molecule has 0 saturated heterocycles. The number of aryl methyl sites for hydroxylation is 3. The Bertz CT molecular complexity index is 4210. The van der Waals surface area contributed by atoms with E-state index in [9.17, 15) is 28.8 Å². The quantitative estimate of drug-likeness (QED) is 0.0250. The van der Waals surface area contributed by atoms with Crippen molar-refractivity contribution >= 4 is 34.1 Å². The van der Waals surface area contributed by atoms with Gasteiger partial charge in [-0.05, 0) is 196 Å². The molecule has 15 heteroatoms. The van der Waals surface area contributed by atoms with Gasteiger partial charge in [0, 0.05) is 95.7 Å². The molecule has 0 heterocycles. The molecule has 10 aromatic carbocycles. The highest BCUT2D eigenvalue weighted by Crippen LogP contribution is 2.43. The summed E-state index contributed by atoms with van der Waals surface area (Å²) in [5, 5.41) is 10.3. The molecule has 0 bridgehead atoms. The normalized spacial score (nSPS) is 11.4. The molecule has 10 aromatic rings. The number of nitrogens with zero attached hydrogens (tertiary/aromatic N) is 3. The van der Waals surface area contributed by atoms with E-state index in [2.05, 4.69) is 112 Å². The van der Waals surface area contributed by atoms with Crippen molar-refractivity contribution in [3.8, 4) is 84.0 Å². The maximum absolute atomic E-state index is 13.6. The predicted octanol–water partition coefficient (Wildman–Crippen LogP) is 15.9. The Kier molecular flexibility index (Phi) is 23.6. The van der Waals surface area contributed by atoms with Crippen LogP contribution in [0.15, 0.2) is 156 Å². The Balaban J connectivity index is 1.16. The lowest BCUT2D eigenvalue weighted by Gasteiger charge is -2.22. The highest BCUT2D eigenvalue weighted by Gasteiger charge is 2.28. The topological polar surface area (TPSA) is 176 Å². The molecule has 3 N–H and O–H groups in total. The van der Waals surface area contributed by atoms with Crippen LogP contribution >= 0.6 is 0 Å². The summed E-state index contributed by atoms with van der Waals surface area (Å²) >= 11 is 0. The molecule has 0 spiro atoms. The summed E-state index contributed by atoms with van der Waals surface area (Å²) in [4.78, 5) is 87.3. The lowest BCUT2D eigenvalue weighted by Crippen LogP contribution is -2.36. The van der Waals surface area contributed by atoms with Gasteiger partial charge < -0.3 is 44.9 Å². The SMILES string of the molecule is CCCCOc1c(CCC)cc(-c2cc(-c3cc(CCC)c(OCCCC)c(CNc4c(-c5ccc(N(C)C)cc5)c(=O)c4=O)c3)cc(-c3cc(CCC)c(OCCCC)c(CNc4c(-c5ccc(N(C)C)cc5)c(=O)c4=O)c3)c2)cc1CNc1c(-c2ccc(N(C)C)cc2)c(=O)c1=O. The summed E-state index contributed by atoms with van der Waals surface area (Å²) < 4.78 is 20.4. The molecule has 10 rings (SSSR count). The predicted molar refractivity (Wildman–Crippen MR) is 411 cm³/mol. The first-order valence-electron chi connectivity index (χ1n) is 35.4. The molecule has 0 aliphatic heterocycles. The molecule has 0 atom stereocenters. The third-order valence-electron chi connectivity index (χ3n) is 18.6. The van der Waals surface area contributed by atoms with Crippen LogP contribution in [0.4, 0.5) is 34.1 Å². The summed E-state index contributed by atoms with van der Waals surface area (Å²) in [6.45, 7) is 14.9. The Labute approximate surface area is 582 Å². The van der Waals surface area contributed by atoms with E-state index in [1.54, 1.807) is 0 Å². The lowest BCUT2D eigenvalue weighted by atomic mass is 9.88. The Hall–Kier alpha value is -10.0.